The van der Waals surface area contributed by atoms with E-state index in [4.69, 9.17) is 16.9 Å². The van der Waals surface area contributed by atoms with Gasteiger partial charge in [-0.15, -0.1) is 0 Å². The lowest BCUT2D eigenvalue weighted by Gasteiger charge is -2.27. The van der Waals surface area contributed by atoms with Gasteiger partial charge < -0.3 is 21.8 Å². The highest BCUT2D eigenvalue weighted by Gasteiger charge is 2.31. The molecule has 0 aliphatic carbocycles. The predicted octanol–water partition coefficient (Wildman–Crippen LogP) is 1.89. The summed E-state index contributed by atoms with van der Waals surface area (Å²) in [6.45, 7) is 1.80. The van der Waals surface area contributed by atoms with E-state index < -0.39 is 17.6 Å². The maximum absolute atomic E-state index is 14.0. The lowest BCUT2D eigenvalue weighted by Crippen LogP contribution is -2.40. The Morgan fingerprint density at radius 1 is 1.35 bits per heavy atom. The molecule has 1 aliphatic rings. The maximum atomic E-state index is 14.0. The number of nitrogens with one attached hydrogen (secondary N) is 1. The fraction of sp³-hybridized carbons (Fsp3) is 0.318. The number of aliphatic imine (C=N–C) groups is 1. The first-order valence-corrected chi connectivity index (χ1v) is 9.77. The SMILES string of the molecule is CN=C(C(N)=O)C1C(=N)CN(C)C(=O)c2ccc(F)cc2C(C)Cc2cc1cnc2N. The van der Waals surface area contributed by atoms with E-state index in [1.54, 1.807) is 13.1 Å². The smallest absolute Gasteiger partial charge is 0.263 e. The second-order valence-electron chi connectivity index (χ2n) is 7.74. The van der Waals surface area contributed by atoms with Crippen molar-refractivity contribution in [1.82, 2.24) is 9.88 Å². The summed E-state index contributed by atoms with van der Waals surface area (Å²) in [6, 6.07) is 5.82. The number of primary amides is 1. The number of amides is 2. The molecule has 5 N–H and O–H groups in total. The number of rotatable bonds is 2. The van der Waals surface area contributed by atoms with Crippen LogP contribution in [0.15, 0.2) is 35.5 Å². The van der Waals surface area contributed by atoms with Crippen LogP contribution in [0.5, 0.6) is 0 Å². The van der Waals surface area contributed by atoms with E-state index in [2.05, 4.69) is 9.98 Å². The van der Waals surface area contributed by atoms with Gasteiger partial charge in [0.25, 0.3) is 11.8 Å². The van der Waals surface area contributed by atoms with Crippen molar-refractivity contribution in [2.45, 2.75) is 25.2 Å². The molecule has 9 heteroatoms. The molecule has 0 radical (unpaired) electrons. The topological polar surface area (TPSA) is 139 Å². The largest absolute Gasteiger partial charge is 0.383 e. The predicted molar refractivity (Wildman–Crippen MR) is 117 cm³/mol. The van der Waals surface area contributed by atoms with Gasteiger partial charge in [0.1, 0.15) is 17.3 Å². The molecule has 0 spiro atoms. The summed E-state index contributed by atoms with van der Waals surface area (Å²) in [4.78, 5) is 34.8. The van der Waals surface area contributed by atoms with Gasteiger partial charge in [0.05, 0.1) is 12.5 Å². The minimum Gasteiger partial charge on any atom is -0.383 e. The highest BCUT2D eigenvalue weighted by molar-refractivity contribution is 6.44. The normalized spacial score (nSPS) is 20.0. The maximum Gasteiger partial charge on any atom is 0.263 e. The first-order chi connectivity index (χ1) is 14.6. The number of anilines is 1. The number of hydrogen-bond acceptors (Lipinski definition) is 6. The Labute approximate surface area is 179 Å². The molecule has 8 nitrogen and oxygen atoms in total. The van der Waals surface area contributed by atoms with Crippen LogP contribution < -0.4 is 11.5 Å². The monoisotopic (exact) mass is 424 g/mol. The summed E-state index contributed by atoms with van der Waals surface area (Å²) in [6.07, 6.45) is 1.87. The Morgan fingerprint density at radius 2 is 2.06 bits per heavy atom. The molecule has 0 saturated heterocycles. The highest BCUT2D eigenvalue weighted by atomic mass is 19.1. The van der Waals surface area contributed by atoms with Crippen molar-refractivity contribution in [3.05, 3.63) is 58.5 Å². The number of nitrogens with two attached hydrogens (primary N) is 2. The molecule has 1 aromatic heterocycles. The van der Waals surface area contributed by atoms with E-state index in [0.29, 0.717) is 28.7 Å². The molecule has 2 aromatic rings. The van der Waals surface area contributed by atoms with Gasteiger partial charge in [-0.1, -0.05) is 6.92 Å². The third-order valence-corrected chi connectivity index (χ3v) is 5.53. The first-order valence-electron chi connectivity index (χ1n) is 9.77. The highest BCUT2D eigenvalue weighted by Crippen LogP contribution is 2.30. The van der Waals surface area contributed by atoms with Gasteiger partial charge in [-0.2, -0.15) is 0 Å². The summed E-state index contributed by atoms with van der Waals surface area (Å²) >= 11 is 0. The van der Waals surface area contributed by atoms with Crippen LogP contribution in [0.2, 0.25) is 0 Å². The lowest BCUT2D eigenvalue weighted by molar-refractivity contribution is -0.112. The number of nitrogens with zero attached hydrogens (tertiary/aromatic N) is 3. The molecule has 1 aromatic carbocycles. The fourth-order valence-corrected chi connectivity index (χ4v) is 3.97. The van der Waals surface area contributed by atoms with E-state index >= 15 is 0 Å². The van der Waals surface area contributed by atoms with Crippen molar-refractivity contribution in [3.63, 3.8) is 0 Å². The standard InChI is InChI=1S/C22H25FN6O2/c1-11-6-12-7-13(9-28-20(12)25)18(19(27-2)21(26)30)17(24)10-29(3)22(31)15-5-4-14(23)8-16(11)15/h4-5,7-9,11,18,24H,6,10H2,1-3H3,(H2,25,28)(H2,26,30). The fourth-order valence-electron chi connectivity index (χ4n) is 3.97. The second kappa shape index (κ2) is 8.63. The quantitative estimate of drug-likeness (QED) is 0.634. The van der Waals surface area contributed by atoms with Crippen LogP contribution >= 0.6 is 0 Å². The molecule has 1 aliphatic heterocycles. The third-order valence-electron chi connectivity index (χ3n) is 5.53. The first kappa shape index (κ1) is 22.1. The average molecular weight is 424 g/mol. The van der Waals surface area contributed by atoms with Crippen molar-refractivity contribution in [2.75, 3.05) is 26.4 Å². The molecular formula is C22H25FN6O2. The molecule has 31 heavy (non-hydrogen) atoms. The summed E-state index contributed by atoms with van der Waals surface area (Å²) in [5, 5.41) is 8.66. The van der Waals surface area contributed by atoms with Gasteiger partial charge in [0, 0.05) is 31.6 Å². The summed E-state index contributed by atoms with van der Waals surface area (Å²) in [7, 11) is 2.98. The van der Waals surface area contributed by atoms with Gasteiger partial charge in [0.15, 0.2) is 0 Å². The van der Waals surface area contributed by atoms with Crippen molar-refractivity contribution in [3.8, 4) is 0 Å². The van der Waals surface area contributed by atoms with E-state index in [9.17, 15) is 14.0 Å². The average Bonchev–Trinajstić information content (AvgIpc) is 2.71. The van der Waals surface area contributed by atoms with E-state index in [-0.39, 0.29) is 35.6 Å². The number of hydrogen-bond donors (Lipinski definition) is 3. The van der Waals surface area contributed by atoms with Crippen LogP contribution in [0, 0.1) is 11.2 Å². The molecule has 162 valence electrons. The van der Waals surface area contributed by atoms with Crippen LogP contribution in [-0.4, -0.2) is 53.8 Å². The zero-order valence-corrected chi connectivity index (χ0v) is 17.6. The van der Waals surface area contributed by atoms with Crippen molar-refractivity contribution >= 4 is 29.1 Å². The Balaban J connectivity index is 2.23. The van der Waals surface area contributed by atoms with Crippen molar-refractivity contribution < 1.29 is 14.0 Å². The Hall–Kier alpha value is -3.62. The molecule has 0 fully saturated rings. The van der Waals surface area contributed by atoms with Crippen LogP contribution in [0.1, 0.15) is 45.8 Å². The number of nitrogen functional groups attached to an aromatic ring is 1. The Morgan fingerprint density at radius 3 is 2.71 bits per heavy atom. The minimum absolute atomic E-state index is 0.00375. The number of halogens is 1. The van der Waals surface area contributed by atoms with Gasteiger partial charge in [0.2, 0.25) is 0 Å². The molecule has 0 saturated carbocycles. The van der Waals surface area contributed by atoms with Gasteiger partial charge in [-0.25, -0.2) is 9.37 Å². The number of fused-ring (bicyclic) bond motifs is 3. The zero-order chi connectivity index (χ0) is 22.9. The zero-order valence-electron chi connectivity index (χ0n) is 17.6. The molecule has 2 heterocycles. The van der Waals surface area contributed by atoms with Gasteiger partial charge in [-0.05, 0) is 53.3 Å². The van der Waals surface area contributed by atoms with E-state index in [0.717, 1.165) is 0 Å². The molecule has 2 unspecified atom stereocenters. The third kappa shape index (κ3) is 4.30. The number of benzene rings is 1. The lowest BCUT2D eigenvalue weighted by atomic mass is 9.85. The van der Waals surface area contributed by atoms with Crippen LogP contribution in [0.25, 0.3) is 0 Å². The number of pyridine rings is 1. The summed E-state index contributed by atoms with van der Waals surface area (Å²) in [5.41, 5.74) is 13.8. The molecule has 2 atom stereocenters. The van der Waals surface area contributed by atoms with Gasteiger partial charge >= 0.3 is 0 Å². The molecule has 3 rings (SSSR count). The Kier molecular flexibility index (Phi) is 6.14. The molecule has 2 amide bonds. The number of aromatic nitrogens is 1. The van der Waals surface area contributed by atoms with E-state index in [1.807, 2.05) is 6.92 Å². The van der Waals surface area contributed by atoms with Crippen LogP contribution in [-0.2, 0) is 11.2 Å². The Bertz CT molecular complexity index is 1100. The number of carbonyl (C=O) groups excluding carboxylic acids is 2. The van der Waals surface area contributed by atoms with Crippen LogP contribution in [0.4, 0.5) is 10.2 Å². The summed E-state index contributed by atoms with van der Waals surface area (Å²) < 4.78 is 14.0. The van der Waals surface area contributed by atoms with Gasteiger partial charge in [-0.3, -0.25) is 14.6 Å². The summed E-state index contributed by atoms with van der Waals surface area (Å²) in [5.74, 6) is -2.37. The minimum atomic E-state index is -0.868. The second-order valence-corrected chi connectivity index (χ2v) is 7.74. The molecular weight excluding hydrogens is 399 g/mol. The van der Waals surface area contributed by atoms with Crippen LogP contribution in [0.3, 0.4) is 0 Å². The van der Waals surface area contributed by atoms with E-state index in [1.165, 1.54) is 36.3 Å². The van der Waals surface area contributed by atoms with Crippen molar-refractivity contribution in [1.29, 1.82) is 5.41 Å². The van der Waals surface area contributed by atoms with Crippen molar-refractivity contribution in [2.24, 2.45) is 10.7 Å². The number of carbonyl (C=O) groups is 2. The molecule has 2 bridgehead atoms.